The van der Waals surface area contributed by atoms with Gasteiger partial charge >= 0.3 is 7.12 Å². The van der Waals surface area contributed by atoms with E-state index in [1.807, 2.05) is 38.1 Å². The first-order chi connectivity index (χ1) is 7.68. The smallest absolute Gasteiger partial charge is 0.426 e. The van der Waals surface area contributed by atoms with E-state index in [0.717, 1.165) is 17.0 Å². The van der Waals surface area contributed by atoms with Crippen molar-refractivity contribution < 1.29 is 10.0 Å². The summed E-state index contributed by atoms with van der Waals surface area (Å²) in [7, 11) is -1.30. The van der Waals surface area contributed by atoms with E-state index in [0.29, 0.717) is 0 Å². The van der Waals surface area contributed by atoms with Crippen LogP contribution in [0.4, 0.5) is 5.69 Å². The second kappa shape index (κ2) is 9.53. The fourth-order valence-corrected chi connectivity index (χ4v) is 1.67. The summed E-state index contributed by atoms with van der Waals surface area (Å²) in [5.74, 6) is 0.748. The molecule has 90 valence electrons. The van der Waals surface area contributed by atoms with Crippen LogP contribution in [0.25, 0.3) is 0 Å². The molecular formula is C10H19BN2O2S. The minimum atomic E-state index is -1.30. The third-order valence-corrected chi connectivity index (χ3v) is 2.41. The van der Waals surface area contributed by atoms with Crippen molar-refractivity contribution in [2.45, 2.75) is 19.6 Å². The number of anilines is 1. The highest BCUT2D eigenvalue weighted by Gasteiger charge is 2.04. The summed E-state index contributed by atoms with van der Waals surface area (Å²) in [6.45, 7) is 4.00. The second-order valence-corrected chi connectivity index (χ2v) is 3.73. The summed E-state index contributed by atoms with van der Waals surface area (Å²) in [6, 6.07) is 7.59. The van der Waals surface area contributed by atoms with Gasteiger partial charge in [-0.2, -0.15) is 0 Å². The van der Waals surface area contributed by atoms with Gasteiger partial charge in [0.2, 0.25) is 0 Å². The molecule has 0 heterocycles. The topological polar surface area (TPSA) is 78.5 Å². The Kier molecular flexibility index (Phi) is 9.13. The molecule has 0 bridgehead atoms. The Morgan fingerprint density at radius 1 is 1.38 bits per heavy atom. The van der Waals surface area contributed by atoms with Crippen molar-refractivity contribution in [3.8, 4) is 0 Å². The molecule has 0 fully saturated rings. The fraction of sp³-hybridized carbons (Fsp3) is 0.400. The standard InChI is InChI=1S/C8H13BN2O2S.C2H6/c10-8-3-1-2-7(4-8)5-14-11-6-9(12)13;1-2/h1-4,11-13H,5-6,10H2;1-2H3. The predicted molar refractivity (Wildman–Crippen MR) is 71.7 cm³/mol. The van der Waals surface area contributed by atoms with Crippen molar-refractivity contribution >= 4 is 24.8 Å². The third kappa shape index (κ3) is 7.59. The summed E-state index contributed by atoms with van der Waals surface area (Å²) in [5, 5.41) is 17.1. The van der Waals surface area contributed by atoms with E-state index in [1.54, 1.807) is 0 Å². The van der Waals surface area contributed by atoms with Crippen LogP contribution in [0.5, 0.6) is 0 Å². The van der Waals surface area contributed by atoms with Crippen LogP contribution in [0, 0.1) is 0 Å². The van der Waals surface area contributed by atoms with Crippen LogP contribution in [-0.2, 0) is 5.75 Å². The summed E-state index contributed by atoms with van der Waals surface area (Å²) in [6.07, 6.45) is 0.160. The molecule has 0 aliphatic rings. The molecule has 1 aromatic rings. The molecule has 5 N–H and O–H groups in total. The third-order valence-electron chi connectivity index (χ3n) is 1.56. The van der Waals surface area contributed by atoms with Crippen LogP contribution in [0.1, 0.15) is 19.4 Å². The number of hydrogen-bond donors (Lipinski definition) is 4. The lowest BCUT2D eigenvalue weighted by molar-refractivity contribution is 0.406. The normalized spacial score (nSPS) is 9.25. The van der Waals surface area contributed by atoms with Crippen LogP contribution in [-0.4, -0.2) is 23.6 Å². The van der Waals surface area contributed by atoms with Gasteiger partial charge in [-0.3, -0.25) is 4.72 Å². The highest BCUT2D eigenvalue weighted by molar-refractivity contribution is 7.96. The van der Waals surface area contributed by atoms with Crippen molar-refractivity contribution in [1.82, 2.24) is 4.72 Å². The van der Waals surface area contributed by atoms with E-state index in [2.05, 4.69) is 4.72 Å². The van der Waals surface area contributed by atoms with Gasteiger partial charge in [-0.15, -0.1) is 0 Å². The van der Waals surface area contributed by atoms with E-state index in [1.165, 1.54) is 11.9 Å². The lowest BCUT2D eigenvalue weighted by Crippen LogP contribution is -2.26. The van der Waals surface area contributed by atoms with E-state index in [9.17, 15) is 0 Å². The molecule has 1 rings (SSSR count). The molecule has 16 heavy (non-hydrogen) atoms. The predicted octanol–water partition coefficient (Wildman–Crippen LogP) is 1.04. The minimum Gasteiger partial charge on any atom is -0.426 e. The number of nitrogen functional groups attached to an aromatic ring is 1. The zero-order chi connectivity index (χ0) is 12.4. The molecule has 0 spiro atoms. The van der Waals surface area contributed by atoms with Crippen molar-refractivity contribution in [2.75, 3.05) is 12.2 Å². The Labute approximate surface area is 102 Å². The summed E-state index contributed by atoms with van der Waals surface area (Å²) >= 11 is 1.42. The zero-order valence-corrected chi connectivity index (χ0v) is 10.5. The molecule has 6 heteroatoms. The molecule has 0 unspecified atom stereocenters. The van der Waals surface area contributed by atoms with Gasteiger partial charge in [-0.25, -0.2) is 0 Å². The molecule has 0 radical (unpaired) electrons. The highest BCUT2D eigenvalue weighted by atomic mass is 32.2. The monoisotopic (exact) mass is 242 g/mol. The maximum absolute atomic E-state index is 8.55. The van der Waals surface area contributed by atoms with E-state index in [4.69, 9.17) is 15.8 Å². The van der Waals surface area contributed by atoms with Gasteiger partial charge < -0.3 is 15.8 Å². The number of nitrogens with two attached hydrogens (primary N) is 1. The quantitative estimate of drug-likeness (QED) is 0.268. The minimum absolute atomic E-state index is 0.160. The van der Waals surface area contributed by atoms with Crippen molar-refractivity contribution in [2.24, 2.45) is 0 Å². The van der Waals surface area contributed by atoms with Gasteiger partial charge in [-0.05, 0) is 17.7 Å². The Morgan fingerprint density at radius 3 is 2.62 bits per heavy atom. The number of nitrogens with one attached hydrogen (secondary N) is 1. The van der Waals surface area contributed by atoms with Gasteiger partial charge in [0.1, 0.15) is 0 Å². The number of benzene rings is 1. The van der Waals surface area contributed by atoms with Gasteiger partial charge in [-0.1, -0.05) is 37.9 Å². The lowest BCUT2D eigenvalue weighted by Gasteiger charge is -2.03. The summed E-state index contributed by atoms with van der Waals surface area (Å²) in [5.41, 5.74) is 7.45. The molecule has 1 aromatic carbocycles. The molecule has 0 aliphatic carbocycles. The molecule has 0 amide bonds. The van der Waals surface area contributed by atoms with Gasteiger partial charge in [0.05, 0.1) is 0 Å². The van der Waals surface area contributed by atoms with Gasteiger partial charge in [0, 0.05) is 17.9 Å². The van der Waals surface area contributed by atoms with Crippen LogP contribution in [0.3, 0.4) is 0 Å². The molecule has 4 nitrogen and oxygen atoms in total. The number of rotatable bonds is 5. The molecule has 0 saturated carbocycles. The Balaban J connectivity index is 0.00000106. The van der Waals surface area contributed by atoms with E-state index in [-0.39, 0.29) is 6.44 Å². The molecule has 0 atom stereocenters. The lowest BCUT2D eigenvalue weighted by atomic mass is 9.94. The summed E-state index contributed by atoms with van der Waals surface area (Å²) in [4.78, 5) is 0. The average Bonchev–Trinajstić information content (AvgIpc) is 2.27. The largest absolute Gasteiger partial charge is 0.467 e. The molecular weight excluding hydrogens is 223 g/mol. The first-order valence-electron chi connectivity index (χ1n) is 5.23. The van der Waals surface area contributed by atoms with Crippen molar-refractivity contribution in [1.29, 1.82) is 0 Å². The average molecular weight is 242 g/mol. The van der Waals surface area contributed by atoms with Gasteiger partial charge in [0.25, 0.3) is 0 Å². The van der Waals surface area contributed by atoms with Crippen molar-refractivity contribution in [3.05, 3.63) is 29.8 Å². The second-order valence-electron chi connectivity index (χ2n) is 2.86. The SMILES string of the molecule is CC.Nc1cccc(CSNCB(O)O)c1. The van der Waals surface area contributed by atoms with Crippen LogP contribution in [0.2, 0.25) is 0 Å². The highest BCUT2D eigenvalue weighted by Crippen LogP contribution is 2.12. The number of hydrogen-bond acceptors (Lipinski definition) is 5. The van der Waals surface area contributed by atoms with Gasteiger partial charge in [0.15, 0.2) is 0 Å². The van der Waals surface area contributed by atoms with Crippen molar-refractivity contribution in [3.63, 3.8) is 0 Å². The molecule has 0 aliphatic heterocycles. The van der Waals surface area contributed by atoms with Crippen LogP contribution >= 0.6 is 11.9 Å². The first-order valence-corrected chi connectivity index (χ1v) is 6.22. The summed E-state index contributed by atoms with van der Waals surface area (Å²) < 4.78 is 2.83. The van der Waals surface area contributed by atoms with Crippen LogP contribution < -0.4 is 10.5 Å². The Morgan fingerprint density at radius 2 is 2.06 bits per heavy atom. The zero-order valence-electron chi connectivity index (χ0n) is 9.68. The molecule has 0 saturated heterocycles. The maximum atomic E-state index is 8.55. The Hall–Kier alpha value is -0.685. The maximum Gasteiger partial charge on any atom is 0.467 e. The molecule has 0 aromatic heterocycles. The van der Waals surface area contributed by atoms with E-state index >= 15 is 0 Å². The Bertz CT molecular complexity index is 287. The fourth-order valence-electron chi connectivity index (χ4n) is 0.951. The van der Waals surface area contributed by atoms with Crippen LogP contribution in [0.15, 0.2) is 24.3 Å². The van der Waals surface area contributed by atoms with E-state index < -0.39 is 7.12 Å². The first kappa shape index (κ1) is 15.3.